The molecule has 1 aromatic rings. The van der Waals surface area contributed by atoms with E-state index in [9.17, 15) is 0 Å². The van der Waals surface area contributed by atoms with E-state index in [1.807, 2.05) is 6.92 Å². The molecule has 0 bridgehead atoms. The van der Waals surface area contributed by atoms with Crippen molar-refractivity contribution in [2.75, 3.05) is 18.0 Å². The molecule has 0 spiro atoms. The largest absolute Gasteiger partial charge is 0.388 e. The van der Waals surface area contributed by atoms with Crippen LogP contribution in [0.5, 0.6) is 0 Å². The van der Waals surface area contributed by atoms with Crippen molar-refractivity contribution in [2.45, 2.75) is 27.2 Å². The smallest absolute Gasteiger partial charge is 0.205 e. The fraction of sp³-hybridized carbons (Fsp3) is 0.700. The molecule has 0 atom stereocenters. The zero-order chi connectivity index (χ0) is 12.1. The van der Waals surface area contributed by atoms with Gasteiger partial charge in [-0.25, -0.2) is 4.98 Å². The van der Waals surface area contributed by atoms with Crippen molar-refractivity contribution in [2.24, 2.45) is 11.7 Å². The van der Waals surface area contributed by atoms with Crippen molar-refractivity contribution in [3.05, 3.63) is 5.82 Å². The number of aromatic nitrogens is 2. The highest BCUT2D eigenvalue weighted by Crippen LogP contribution is 2.18. The van der Waals surface area contributed by atoms with Gasteiger partial charge in [0.1, 0.15) is 5.82 Å². The molecule has 0 aromatic carbocycles. The second-order valence-electron chi connectivity index (χ2n) is 4.24. The molecule has 0 aliphatic rings. The van der Waals surface area contributed by atoms with Crippen molar-refractivity contribution in [1.29, 1.82) is 5.41 Å². The van der Waals surface area contributed by atoms with Crippen molar-refractivity contribution < 1.29 is 0 Å². The highest BCUT2D eigenvalue weighted by atomic mass is 32.1. The molecule has 16 heavy (non-hydrogen) atoms. The SMILES string of the molecule is Cc1nsc(N(CCC(=N)N)CC(C)C)n1. The molecule has 1 aromatic heterocycles. The minimum Gasteiger partial charge on any atom is -0.388 e. The van der Waals surface area contributed by atoms with Crippen LogP contribution in [-0.4, -0.2) is 28.3 Å². The van der Waals surface area contributed by atoms with E-state index in [1.165, 1.54) is 11.5 Å². The van der Waals surface area contributed by atoms with Crippen LogP contribution in [0.4, 0.5) is 5.13 Å². The van der Waals surface area contributed by atoms with Gasteiger partial charge in [0.05, 0.1) is 5.84 Å². The standard InChI is InChI=1S/C10H19N5S/c1-7(2)6-15(5-4-9(11)12)10-13-8(3)14-16-10/h7H,4-6H2,1-3H3,(H3,11,12). The molecule has 0 saturated carbocycles. The molecule has 5 nitrogen and oxygen atoms in total. The van der Waals surface area contributed by atoms with E-state index in [4.69, 9.17) is 11.1 Å². The number of nitrogens with two attached hydrogens (primary N) is 1. The monoisotopic (exact) mass is 241 g/mol. The summed E-state index contributed by atoms with van der Waals surface area (Å²) in [6, 6.07) is 0. The first-order chi connectivity index (χ1) is 7.49. The van der Waals surface area contributed by atoms with Crippen LogP contribution in [0.15, 0.2) is 0 Å². The highest BCUT2D eigenvalue weighted by molar-refractivity contribution is 7.09. The Balaban J connectivity index is 2.66. The summed E-state index contributed by atoms with van der Waals surface area (Å²) in [4.78, 5) is 6.51. The van der Waals surface area contributed by atoms with E-state index >= 15 is 0 Å². The molecule has 3 N–H and O–H groups in total. The fourth-order valence-corrected chi connectivity index (χ4v) is 2.08. The van der Waals surface area contributed by atoms with E-state index in [0.717, 1.165) is 24.0 Å². The molecule has 1 rings (SSSR count). The summed E-state index contributed by atoms with van der Waals surface area (Å²) >= 11 is 1.40. The third-order valence-electron chi connectivity index (χ3n) is 2.02. The van der Waals surface area contributed by atoms with Crippen LogP contribution in [0.1, 0.15) is 26.1 Å². The average molecular weight is 241 g/mol. The predicted octanol–water partition coefficient (Wildman–Crippen LogP) is 1.63. The highest BCUT2D eigenvalue weighted by Gasteiger charge is 2.12. The van der Waals surface area contributed by atoms with Crippen LogP contribution in [0.25, 0.3) is 0 Å². The molecule has 0 fully saturated rings. The Morgan fingerprint density at radius 3 is 2.69 bits per heavy atom. The van der Waals surface area contributed by atoms with Crippen LogP contribution < -0.4 is 10.6 Å². The first kappa shape index (κ1) is 12.9. The topological polar surface area (TPSA) is 78.9 Å². The second kappa shape index (κ2) is 5.79. The maximum atomic E-state index is 7.26. The molecule has 6 heteroatoms. The molecule has 0 radical (unpaired) electrons. The van der Waals surface area contributed by atoms with Gasteiger partial charge >= 0.3 is 0 Å². The number of nitrogens with one attached hydrogen (secondary N) is 1. The van der Waals surface area contributed by atoms with Crippen LogP contribution >= 0.6 is 11.5 Å². The number of rotatable bonds is 6. The zero-order valence-corrected chi connectivity index (χ0v) is 10.8. The van der Waals surface area contributed by atoms with E-state index in [1.54, 1.807) is 0 Å². The lowest BCUT2D eigenvalue weighted by Gasteiger charge is -2.23. The molecule has 90 valence electrons. The average Bonchev–Trinajstić information content (AvgIpc) is 2.58. The number of amidine groups is 1. The van der Waals surface area contributed by atoms with Crippen molar-refractivity contribution >= 4 is 22.5 Å². The number of anilines is 1. The van der Waals surface area contributed by atoms with E-state index in [-0.39, 0.29) is 5.84 Å². The molecule has 0 unspecified atom stereocenters. The summed E-state index contributed by atoms with van der Waals surface area (Å²) in [6.45, 7) is 7.87. The van der Waals surface area contributed by atoms with Gasteiger partial charge in [-0.15, -0.1) is 0 Å². The minimum absolute atomic E-state index is 0.218. The Labute approximate surface area is 100 Å². The van der Waals surface area contributed by atoms with E-state index in [2.05, 4.69) is 28.1 Å². The van der Waals surface area contributed by atoms with Gasteiger partial charge < -0.3 is 10.6 Å². The second-order valence-corrected chi connectivity index (χ2v) is 4.97. The Bertz CT molecular complexity index is 347. The first-order valence-electron chi connectivity index (χ1n) is 5.37. The summed E-state index contributed by atoms with van der Waals surface area (Å²) in [6.07, 6.45) is 0.575. The number of nitrogens with zero attached hydrogens (tertiary/aromatic N) is 3. The number of hydrogen-bond donors (Lipinski definition) is 2. The Kier molecular flexibility index (Phi) is 4.67. The van der Waals surface area contributed by atoms with Gasteiger partial charge in [0.15, 0.2) is 0 Å². The van der Waals surface area contributed by atoms with Crippen LogP contribution in [-0.2, 0) is 0 Å². The quantitative estimate of drug-likeness (QED) is 0.586. The lowest BCUT2D eigenvalue weighted by atomic mass is 10.2. The maximum Gasteiger partial charge on any atom is 0.205 e. The predicted molar refractivity (Wildman–Crippen MR) is 68.2 cm³/mol. The summed E-state index contributed by atoms with van der Waals surface area (Å²) in [7, 11) is 0. The van der Waals surface area contributed by atoms with Crippen LogP contribution in [0.3, 0.4) is 0 Å². The van der Waals surface area contributed by atoms with E-state index < -0.39 is 0 Å². The summed E-state index contributed by atoms with van der Waals surface area (Å²) in [5.41, 5.74) is 5.38. The van der Waals surface area contributed by atoms with Crippen LogP contribution in [0.2, 0.25) is 0 Å². The van der Waals surface area contributed by atoms with Gasteiger partial charge in [-0.2, -0.15) is 4.37 Å². The zero-order valence-electron chi connectivity index (χ0n) is 10.0. The first-order valence-corrected chi connectivity index (χ1v) is 6.14. The van der Waals surface area contributed by atoms with Gasteiger partial charge in [0, 0.05) is 31.0 Å². The normalized spacial score (nSPS) is 10.8. The van der Waals surface area contributed by atoms with Gasteiger partial charge in [-0.3, -0.25) is 5.41 Å². The third-order valence-corrected chi connectivity index (χ3v) is 2.89. The number of hydrogen-bond acceptors (Lipinski definition) is 5. The molecule has 0 aliphatic heterocycles. The van der Waals surface area contributed by atoms with Gasteiger partial charge in [-0.05, 0) is 12.8 Å². The third kappa shape index (κ3) is 4.14. The van der Waals surface area contributed by atoms with Gasteiger partial charge in [0.2, 0.25) is 5.13 Å². The summed E-state index contributed by atoms with van der Waals surface area (Å²) in [5, 5.41) is 8.18. The minimum atomic E-state index is 0.218. The molecular formula is C10H19N5S. The van der Waals surface area contributed by atoms with Crippen molar-refractivity contribution in [3.63, 3.8) is 0 Å². The van der Waals surface area contributed by atoms with Crippen LogP contribution in [0, 0.1) is 18.3 Å². The summed E-state index contributed by atoms with van der Waals surface area (Å²) in [5.74, 6) is 1.57. The summed E-state index contributed by atoms with van der Waals surface area (Å²) < 4.78 is 4.18. The van der Waals surface area contributed by atoms with Gasteiger partial charge in [0.25, 0.3) is 0 Å². The van der Waals surface area contributed by atoms with E-state index in [0.29, 0.717) is 12.3 Å². The van der Waals surface area contributed by atoms with Crippen molar-refractivity contribution in [1.82, 2.24) is 9.36 Å². The fourth-order valence-electron chi connectivity index (χ4n) is 1.38. The Morgan fingerprint density at radius 1 is 1.56 bits per heavy atom. The lowest BCUT2D eigenvalue weighted by molar-refractivity contribution is 0.612. The Morgan fingerprint density at radius 2 is 2.25 bits per heavy atom. The van der Waals surface area contributed by atoms with Crippen molar-refractivity contribution in [3.8, 4) is 0 Å². The van der Waals surface area contributed by atoms with Gasteiger partial charge in [-0.1, -0.05) is 13.8 Å². The molecule has 0 aliphatic carbocycles. The Hall–Kier alpha value is -1.17. The lowest BCUT2D eigenvalue weighted by Crippen LogP contribution is -2.31. The maximum absolute atomic E-state index is 7.26. The molecule has 1 heterocycles. The molecule has 0 saturated heterocycles. The molecule has 0 amide bonds. The molecular weight excluding hydrogens is 222 g/mol. The number of aryl methyl sites for hydroxylation is 1.